The molecular weight excluding hydrogens is 354 g/mol. The molecule has 0 bridgehead atoms. The van der Waals surface area contributed by atoms with E-state index in [0.717, 1.165) is 49.9 Å². The van der Waals surface area contributed by atoms with Crippen LogP contribution in [0, 0.1) is 0 Å². The lowest BCUT2D eigenvalue weighted by atomic mass is 10.2. The van der Waals surface area contributed by atoms with E-state index >= 15 is 0 Å². The average Bonchev–Trinajstić information content (AvgIpc) is 2.71. The number of methoxy groups -OCH3 is 1. The maximum absolute atomic E-state index is 12.3. The van der Waals surface area contributed by atoms with Crippen molar-refractivity contribution in [1.82, 2.24) is 9.80 Å². The normalized spacial score (nSPS) is 15.2. The summed E-state index contributed by atoms with van der Waals surface area (Å²) in [5.74, 6) is 1.72. The van der Waals surface area contributed by atoms with Crippen LogP contribution in [0.15, 0.2) is 48.5 Å². The van der Waals surface area contributed by atoms with Gasteiger partial charge in [-0.3, -0.25) is 14.6 Å². The van der Waals surface area contributed by atoms with E-state index in [0.29, 0.717) is 13.2 Å². The van der Waals surface area contributed by atoms with E-state index in [4.69, 9.17) is 9.47 Å². The molecular formula is C22H29N3O3. The first-order valence-electron chi connectivity index (χ1n) is 9.76. The standard InChI is InChI=1S/C22H29N3O3/c1-3-28-20-9-7-19(8-10-20)23-22(26)17-25-13-11-24(12-14-25)16-18-5-4-6-21(15-18)27-2/h4-10,15H,3,11-14,16-17H2,1-2H3,(H,23,26). The highest BCUT2D eigenvalue weighted by atomic mass is 16.5. The average molecular weight is 383 g/mol. The highest BCUT2D eigenvalue weighted by molar-refractivity contribution is 5.92. The molecule has 1 amide bonds. The van der Waals surface area contributed by atoms with Crippen LogP contribution < -0.4 is 14.8 Å². The molecule has 1 heterocycles. The van der Waals surface area contributed by atoms with Crippen molar-refractivity contribution in [2.75, 3.05) is 51.8 Å². The van der Waals surface area contributed by atoms with E-state index in [1.165, 1.54) is 5.56 Å². The van der Waals surface area contributed by atoms with Crippen LogP contribution in [0.2, 0.25) is 0 Å². The van der Waals surface area contributed by atoms with E-state index in [1.54, 1.807) is 7.11 Å². The molecule has 1 aliphatic rings. The molecule has 1 saturated heterocycles. The molecule has 1 fully saturated rings. The van der Waals surface area contributed by atoms with E-state index in [1.807, 2.05) is 43.3 Å². The topological polar surface area (TPSA) is 54.0 Å². The Hall–Kier alpha value is -2.57. The molecule has 2 aromatic rings. The fourth-order valence-corrected chi connectivity index (χ4v) is 3.34. The predicted octanol–water partition coefficient (Wildman–Crippen LogP) is 2.85. The van der Waals surface area contributed by atoms with Gasteiger partial charge in [0, 0.05) is 38.4 Å². The second kappa shape index (κ2) is 10.1. The minimum atomic E-state index is 0.0189. The second-order valence-corrected chi connectivity index (χ2v) is 6.91. The fraction of sp³-hybridized carbons (Fsp3) is 0.409. The van der Waals surface area contributed by atoms with Crippen LogP contribution in [0.1, 0.15) is 12.5 Å². The molecule has 0 radical (unpaired) electrons. The number of piperazine rings is 1. The van der Waals surface area contributed by atoms with Gasteiger partial charge in [0.1, 0.15) is 11.5 Å². The summed E-state index contributed by atoms with van der Waals surface area (Å²) in [6.45, 7) is 7.59. The minimum Gasteiger partial charge on any atom is -0.497 e. The van der Waals surface area contributed by atoms with Crippen molar-refractivity contribution >= 4 is 11.6 Å². The Kier molecular flexibility index (Phi) is 7.28. The molecule has 150 valence electrons. The number of amides is 1. The molecule has 3 rings (SSSR count). The number of carbonyl (C=O) groups excluding carboxylic acids is 1. The number of anilines is 1. The van der Waals surface area contributed by atoms with Crippen molar-refractivity contribution in [3.8, 4) is 11.5 Å². The molecule has 6 heteroatoms. The van der Waals surface area contributed by atoms with Crippen molar-refractivity contribution in [1.29, 1.82) is 0 Å². The third kappa shape index (κ3) is 5.97. The molecule has 0 unspecified atom stereocenters. The number of carbonyl (C=O) groups is 1. The van der Waals surface area contributed by atoms with Crippen molar-refractivity contribution < 1.29 is 14.3 Å². The summed E-state index contributed by atoms with van der Waals surface area (Å²) < 4.78 is 10.7. The molecule has 0 saturated carbocycles. The Morgan fingerprint density at radius 3 is 2.39 bits per heavy atom. The maximum atomic E-state index is 12.3. The smallest absolute Gasteiger partial charge is 0.238 e. The van der Waals surface area contributed by atoms with Crippen LogP contribution in [0.25, 0.3) is 0 Å². The van der Waals surface area contributed by atoms with Crippen molar-refractivity contribution in [2.45, 2.75) is 13.5 Å². The van der Waals surface area contributed by atoms with Crippen molar-refractivity contribution in [3.63, 3.8) is 0 Å². The number of hydrogen-bond donors (Lipinski definition) is 1. The maximum Gasteiger partial charge on any atom is 0.238 e. The highest BCUT2D eigenvalue weighted by Gasteiger charge is 2.19. The van der Waals surface area contributed by atoms with E-state index in [2.05, 4.69) is 27.2 Å². The molecule has 1 N–H and O–H groups in total. The fourth-order valence-electron chi connectivity index (χ4n) is 3.34. The van der Waals surface area contributed by atoms with Gasteiger partial charge < -0.3 is 14.8 Å². The highest BCUT2D eigenvalue weighted by Crippen LogP contribution is 2.17. The lowest BCUT2D eigenvalue weighted by Crippen LogP contribution is -2.48. The third-order valence-corrected chi connectivity index (χ3v) is 4.82. The molecule has 2 aromatic carbocycles. The monoisotopic (exact) mass is 383 g/mol. The van der Waals surface area contributed by atoms with Crippen molar-refractivity contribution in [2.24, 2.45) is 0 Å². The number of hydrogen-bond acceptors (Lipinski definition) is 5. The molecule has 0 aromatic heterocycles. The van der Waals surface area contributed by atoms with Gasteiger partial charge >= 0.3 is 0 Å². The summed E-state index contributed by atoms with van der Waals surface area (Å²) in [4.78, 5) is 16.9. The zero-order valence-corrected chi connectivity index (χ0v) is 16.7. The lowest BCUT2D eigenvalue weighted by Gasteiger charge is -2.34. The van der Waals surface area contributed by atoms with Gasteiger partial charge in [-0.15, -0.1) is 0 Å². The lowest BCUT2D eigenvalue weighted by molar-refractivity contribution is -0.117. The van der Waals surface area contributed by atoms with Crippen LogP contribution >= 0.6 is 0 Å². The van der Waals surface area contributed by atoms with Gasteiger partial charge in [-0.1, -0.05) is 12.1 Å². The predicted molar refractivity (Wildman–Crippen MR) is 111 cm³/mol. The molecule has 28 heavy (non-hydrogen) atoms. The second-order valence-electron chi connectivity index (χ2n) is 6.91. The largest absolute Gasteiger partial charge is 0.497 e. The van der Waals surface area contributed by atoms with Crippen LogP contribution in [-0.2, 0) is 11.3 Å². The summed E-state index contributed by atoms with van der Waals surface area (Å²) in [5, 5.41) is 2.96. The third-order valence-electron chi connectivity index (χ3n) is 4.82. The van der Waals surface area contributed by atoms with Gasteiger partial charge in [-0.25, -0.2) is 0 Å². The van der Waals surface area contributed by atoms with Crippen molar-refractivity contribution in [3.05, 3.63) is 54.1 Å². The Morgan fingerprint density at radius 1 is 1.00 bits per heavy atom. The summed E-state index contributed by atoms with van der Waals surface area (Å²) in [7, 11) is 1.69. The van der Waals surface area contributed by atoms with Gasteiger partial charge in [-0.05, 0) is 48.9 Å². The van der Waals surface area contributed by atoms with Crippen LogP contribution in [-0.4, -0.2) is 62.1 Å². The van der Waals surface area contributed by atoms with Gasteiger partial charge in [0.05, 0.1) is 20.3 Å². The molecule has 0 aliphatic carbocycles. The first-order valence-corrected chi connectivity index (χ1v) is 9.76. The Morgan fingerprint density at radius 2 is 1.71 bits per heavy atom. The van der Waals surface area contributed by atoms with Crippen LogP contribution in [0.3, 0.4) is 0 Å². The van der Waals surface area contributed by atoms with Crippen LogP contribution in [0.4, 0.5) is 5.69 Å². The zero-order chi connectivity index (χ0) is 19.8. The number of benzene rings is 2. The molecule has 1 aliphatic heterocycles. The van der Waals surface area contributed by atoms with Crippen LogP contribution in [0.5, 0.6) is 11.5 Å². The molecule has 6 nitrogen and oxygen atoms in total. The van der Waals surface area contributed by atoms with E-state index in [9.17, 15) is 4.79 Å². The Balaban J connectivity index is 1.41. The molecule has 0 atom stereocenters. The molecule has 0 spiro atoms. The Labute approximate surface area is 167 Å². The minimum absolute atomic E-state index is 0.0189. The quantitative estimate of drug-likeness (QED) is 0.760. The SMILES string of the molecule is CCOc1ccc(NC(=O)CN2CCN(Cc3cccc(OC)c3)CC2)cc1. The zero-order valence-electron chi connectivity index (χ0n) is 16.7. The van der Waals surface area contributed by atoms with Gasteiger partial charge in [-0.2, -0.15) is 0 Å². The first kappa shape index (κ1) is 20.2. The number of nitrogens with one attached hydrogen (secondary N) is 1. The van der Waals surface area contributed by atoms with Gasteiger partial charge in [0.2, 0.25) is 5.91 Å². The number of ether oxygens (including phenoxy) is 2. The summed E-state index contributed by atoms with van der Waals surface area (Å²) in [5.41, 5.74) is 2.05. The van der Waals surface area contributed by atoms with Gasteiger partial charge in [0.25, 0.3) is 0 Å². The number of nitrogens with zero attached hydrogens (tertiary/aromatic N) is 2. The van der Waals surface area contributed by atoms with Gasteiger partial charge in [0.15, 0.2) is 0 Å². The Bertz CT molecular complexity index is 756. The summed E-state index contributed by atoms with van der Waals surface area (Å²) in [6.07, 6.45) is 0. The summed E-state index contributed by atoms with van der Waals surface area (Å²) in [6, 6.07) is 15.7. The first-order chi connectivity index (χ1) is 13.7. The number of rotatable bonds is 8. The van der Waals surface area contributed by atoms with E-state index in [-0.39, 0.29) is 5.91 Å². The van der Waals surface area contributed by atoms with E-state index < -0.39 is 0 Å². The summed E-state index contributed by atoms with van der Waals surface area (Å²) >= 11 is 0.